The molecule has 0 bridgehead atoms. The molecule has 3 rings (SSSR count). The Morgan fingerprint density at radius 2 is 1.50 bits per heavy atom. The molecule has 0 aliphatic heterocycles. The van der Waals surface area contributed by atoms with Gasteiger partial charge in [-0.3, -0.25) is 0 Å². The fraction of sp³-hybridized carbons (Fsp3) is 0.143. The van der Waals surface area contributed by atoms with Crippen molar-refractivity contribution in [2.75, 3.05) is 0 Å². The van der Waals surface area contributed by atoms with E-state index >= 15 is 0 Å². The molecule has 0 saturated heterocycles. The highest BCUT2D eigenvalue weighted by atomic mass is 32.1. The first kappa shape index (κ1) is 14.8. The Labute approximate surface area is 136 Å². The van der Waals surface area contributed by atoms with Crippen molar-refractivity contribution in [3.05, 3.63) is 100 Å². The van der Waals surface area contributed by atoms with Gasteiger partial charge >= 0.3 is 0 Å². The molecule has 0 nitrogen and oxygen atoms in total. The molecule has 0 aliphatic carbocycles. The molecule has 2 unspecified atom stereocenters. The smallest absolute Gasteiger partial charge is 0.0182 e. The number of hydrogen-bond donors (Lipinski definition) is 0. The van der Waals surface area contributed by atoms with Gasteiger partial charge in [0.2, 0.25) is 0 Å². The van der Waals surface area contributed by atoms with Crippen molar-refractivity contribution in [2.45, 2.75) is 18.8 Å². The number of rotatable bonds is 5. The normalized spacial score (nSPS) is 14.0. The van der Waals surface area contributed by atoms with Crippen molar-refractivity contribution in [1.29, 1.82) is 0 Å². The van der Waals surface area contributed by atoms with Crippen LogP contribution in [0.25, 0.3) is 6.08 Å². The number of allylic oxidation sites excluding steroid dienone is 1. The minimum atomic E-state index is 0.405. The Morgan fingerprint density at radius 3 is 2.14 bits per heavy atom. The Morgan fingerprint density at radius 1 is 0.818 bits per heavy atom. The summed E-state index contributed by atoms with van der Waals surface area (Å²) in [7, 11) is 0. The molecule has 2 atom stereocenters. The molecule has 0 amide bonds. The van der Waals surface area contributed by atoms with E-state index in [0.29, 0.717) is 11.8 Å². The fourth-order valence-corrected chi connectivity index (χ4v) is 3.64. The van der Waals surface area contributed by atoms with Crippen molar-refractivity contribution in [1.82, 2.24) is 0 Å². The Hall–Kier alpha value is -2.12. The molecule has 0 aliphatic rings. The first-order chi connectivity index (χ1) is 10.8. The van der Waals surface area contributed by atoms with Crippen LogP contribution in [0.5, 0.6) is 0 Å². The van der Waals surface area contributed by atoms with Gasteiger partial charge in [-0.15, -0.1) is 11.3 Å². The molecule has 1 aromatic heterocycles. The third-order valence-corrected chi connectivity index (χ3v) is 5.00. The zero-order chi connectivity index (χ0) is 15.2. The van der Waals surface area contributed by atoms with Gasteiger partial charge in [-0.25, -0.2) is 0 Å². The molecular formula is C21H20S. The summed E-state index contributed by atoms with van der Waals surface area (Å²) in [6, 6.07) is 25.7. The molecule has 2 aromatic carbocycles. The van der Waals surface area contributed by atoms with E-state index in [-0.39, 0.29) is 0 Å². The van der Waals surface area contributed by atoms with Gasteiger partial charge in [-0.1, -0.05) is 85.8 Å². The molecule has 110 valence electrons. The number of hydrogen-bond acceptors (Lipinski definition) is 1. The van der Waals surface area contributed by atoms with E-state index in [1.807, 2.05) is 11.3 Å². The molecule has 0 radical (unpaired) electrons. The Balaban J connectivity index is 1.90. The quantitative estimate of drug-likeness (QED) is 0.515. The van der Waals surface area contributed by atoms with E-state index in [9.17, 15) is 0 Å². The molecule has 22 heavy (non-hydrogen) atoms. The van der Waals surface area contributed by atoms with E-state index in [2.05, 4.69) is 97.3 Å². The lowest BCUT2D eigenvalue weighted by molar-refractivity contribution is 0.688. The third-order valence-electron chi connectivity index (χ3n) is 4.03. The van der Waals surface area contributed by atoms with Crippen molar-refractivity contribution >= 4 is 17.4 Å². The van der Waals surface area contributed by atoms with Gasteiger partial charge in [0, 0.05) is 10.8 Å². The van der Waals surface area contributed by atoms with Crippen LogP contribution in [0.3, 0.4) is 0 Å². The van der Waals surface area contributed by atoms with Gasteiger partial charge < -0.3 is 0 Å². The molecule has 0 N–H and O–H groups in total. The maximum atomic E-state index is 2.35. The summed E-state index contributed by atoms with van der Waals surface area (Å²) in [6.45, 7) is 2.31. The summed E-state index contributed by atoms with van der Waals surface area (Å²) < 4.78 is 0. The summed E-state index contributed by atoms with van der Waals surface area (Å²) in [4.78, 5) is 1.42. The minimum Gasteiger partial charge on any atom is -0.148 e. The summed E-state index contributed by atoms with van der Waals surface area (Å²) in [5, 5.41) is 2.16. The topological polar surface area (TPSA) is 0 Å². The molecule has 1 heteroatoms. The largest absolute Gasteiger partial charge is 0.148 e. The Bertz CT molecular complexity index is 696. The van der Waals surface area contributed by atoms with E-state index in [1.54, 1.807) is 0 Å². The van der Waals surface area contributed by atoms with E-state index in [1.165, 1.54) is 16.0 Å². The van der Waals surface area contributed by atoms with Crippen molar-refractivity contribution in [3.8, 4) is 0 Å². The van der Waals surface area contributed by atoms with Crippen molar-refractivity contribution < 1.29 is 0 Å². The van der Waals surface area contributed by atoms with Crippen LogP contribution in [-0.2, 0) is 0 Å². The lowest BCUT2D eigenvalue weighted by Gasteiger charge is -2.20. The minimum absolute atomic E-state index is 0.405. The monoisotopic (exact) mass is 304 g/mol. The lowest BCUT2D eigenvalue weighted by atomic mass is 9.86. The zero-order valence-corrected chi connectivity index (χ0v) is 13.5. The zero-order valence-electron chi connectivity index (χ0n) is 12.7. The fourth-order valence-electron chi connectivity index (χ4n) is 2.73. The standard InChI is InChI=1S/C21H20S/c1-17(19-11-6-3-7-12-19)20(21-13-8-16-22-21)15-14-18-9-4-2-5-10-18/h2-17,20H,1H3. The van der Waals surface area contributed by atoms with Gasteiger partial charge in [0.1, 0.15) is 0 Å². The first-order valence-electron chi connectivity index (χ1n) is 7.66. The summed E-state index contributed by atoms with van der Waals surface area (Å²) in [5.74, 6) is 0.863. The van der Waals surface area contributed by atoms with Crippen LogP contribution in [0.4, 0.5) is 0 Å². The predicted molar refractivity (Wildman–Crippen MR) is 97.4 cm³/mol. The average molecular weight is 304 g/mol. The molecule has 3 aromatic rings. The van der Waals surface area contributed by atoms with E-state index < -0.39 is 0 Å². The van der Waals surface area contributed by atoms with Crippen LogP contribution in [0.15, 0.2) is 84.3 Å². The Kier molecular flexibility index (Phi) is 4.87. The third kappa shape index (κ3) is 3.55. The first-order valence-corrected chi connectivity index (χ1v) is 8.54. The average Bonchev–Trinajstić information content (AvgIpc) is 3.11. The van der Waals surface area contributed by atoms with Crippen LogP contribution >= 0.6 is 11.3 Å². The van der Waals surface area contributed by atoms with Gasteiger partial charge in [-0.2, -0.15) is 0 Å². The second-order valence-electron chi connectivity index (χ2n) is 5.51. The summed E-state index contributed by atoms with van der Waals surface area (Å²) in [6.07, 6.45) is 4.59. The van der Waals surface area contributed by atoms with Crippen molar-refractivity contribution in [2.24, 2.45) is 0 Å². The SMILES string of the molecule is CC(c1ccccc1)C(C=Cc1ccccc1)c1cccs1. The molecule has 0 fully saturated rings. The maximum Gasteiger partial charge on any atom is 0.0182 e. The predicted octanol–water partition coefficient (Wildman–Crippen LogP) is 6.35. The van der Waals surface area contributed by atoms with Gasteiger partial charge in [0.25, 0.3) is 0 Å². The van der Waals surface area contributed by atoms with Crippen LogP contribution in [0.2, 0.25) is 0 Å². The van der Waals surface area contributed by atoms with E-state index in [4.69, 9.17) is 0 Å². The van der Waals surface area contributed by atoms with Crippen LogP contribution in [0, 0.1) is 0 Å². The molecule has 0 saturated carbocycles. The van der Waals surface area contributed by atoms with Gasteiger partial charge in [0.15, 0.2) is 0 Å². The highest BCUT2D eigenvalue weighted by Crippen LogP contribution is 2.36. The summed E-state index contributed by atoms with van der Waals surface area (Å²) >= 11 is 1.84. The second kappa shape index (κ2) is 7.24. The lowest BCUT2D eigenvalue weighted by Crippen LogP contribution is -2.04. The maximum absolute atomic E-state index is 2.35. The van der Waals surface area contributed by atoms with Crippen LogP contribution in [-0.4, -0.2) is 0 Å². The molecule has 1 heterocycles. The van der Waals surface area contributed by atoms with Gasteiger partial charge in [-0.05, 0) is 28.5 Å². The highest BCUT2D eigenvalue weighted by molar-refractivity contribution is 7.10. The molecule has 0 spiro atoms. The highest BCUT2D eigenvalue weighted by Gasteiger charge is 2.19. The van der Waals surface area contributed by atoms with Gasteiger partial charge in [0.05, 0.1) is 0 Å². The van der Waals surface area contributed by atoms with Crippen molar-refractivity contribution in [3.63, 3.8) is 0 Å². The van der Waals surface area contributed by atoms with E-state index in [0.717, 1.165) is 0 Å². The van der Waals surface area contributed by atoms with Crippen LogP contribution in [0.1, 0.15) is 34.8 Å². The second-order valence-corrected chi connectivity index (χ2v) is 6.49. The number of benzene rings is 2. The number of thiophene rings is 1. The summed E-state index contributed by atoms with van der Waals surface area (Å²) in [5.41, 5.74) is 2.64. The molecular weight excluding hydrogens is 284 g/mol. The van der Waals surface area contributed by atoms with Crippen LogP contribution < -0.4 is 0 Å².